The Morgan fingerprint density at radius 2 is 2.08 bits per heavy atom. The standard InChI is InChI=1S/C16H17ClN2O4S/c1-3-23-15(21)8-14-19(13(20)9-24-14)10(2)16(22)18-12-6-4-11(17)5-7-12/h4-8,10H,3,9H2,1-2H3,(H,18,22)/b14-8-/t10-/m0/s1. The number of rotatable bonds is 5. The lowest BCUT2D eigenvalue weighted by molar-refractivity contribution is -0.137. The molecule has 1 aromatic carbocycles. The fraction of sp³-hybridized carbons (Fsp3) is 0.312. The molecule has 0 aromatic heterocycles. The van der Waals surface area contributed by atoms with Crippen LogP contribution in [0.4, 0.5) is 5.69 Å². The van der Waals surface area contributed by atoms with Crippen molar-refractivity contribution in [1.82, 2.24) is 4.90 Å². The molecule has 1 aliphatic heterocycles. The molecule has 0 bridgehead atoms. The zero-order valence-corrected chi connectivity index (χ0v) is 14.8. The first-order valence-corrected chi connectivity index (χ1v) is 8.68. The van der Waals surface area contributed by atoms with E-state index in [1.54, 1.807) is 38.1 Å². The highest BCUT2D eigenvalue weighted by atomic mass is 35.5. The Morgan fingerprint density at radius 3 is 2.71 bits per heavy atom. The number of nitrogens with one attached hydrogen (secondary N) is 1. The zero-order chi connectivity index (χ0) is 17.7. The Hall–Kier alpha value is -1.99. The number of carbonyl (C=O) groups is 3. The first-order valence-electron chi connectivity index (χ1n) is 7.32. The van der Waals surface area contributed by atoms with E-state index in [1.165, 1.54) is 22.7 Å². The summed E-state index contributed by atoms with van der Waals surface area (Å²) in [5.74, 6) is -0.939. The molecule has 24 heavy (non-hydrogen) atoms. The summed E-state index contributed by atoms with van der Waals surface area (Å²) >= 11 is 7.01. The number of carbonyl (C=O) groups excluding carboxylic acids is 3. The van der Waals surface area contributed by atoms with Crippen LogP contribution in [-0.2, 0) is 19.1 Å². The molecule has 1 heterocycles. The highest BCUT2D eigenvalue weighted by molar-refractivity contribution is 8.04. The third kappa shape index (κ3) is 4.52. The van der Waals surface area contributed by atoms with Gasteiger partial charge in [0.25, 0.3) is 0 Å². The molecule has 1 aromatic rings. The van der Waals surface area contributed by atoms with Crippen molar-refractivity contribution >= 4 is 46.8 Å². The van der Waals surface area contributed by atoms with E-state index in [2.05, 4.69) is 5.32 Å². The summed E-state index contributed by atoms with van der Waals surface area (Å²) in [6.07, 6.45) is 1.24. The minimum Gasteiger partial charge on any atom is -0.463 e. The molecule has 1 fully saturated rings. The van der Waals surface area contributed by atoms with Gasteiger partial charge in [-0.1, -0.05) is 23.4 Å². The van der Waals surface area contributed by atoms with Gasteiger partial charge in [-0.3, -0.25) is 14.5 Å². The molecule has 0 unspecified atom stereocenters. The predicted octanol–water partition coefficient (Wildman–Crippen LogP) is 2.65. The van der Waals surface area contributed by atoms with E-state index in [0.717, 1.165) is 0 Å². The van der Waals surface area contributed by atoms with Crippen molar-refractivity contribution < 1.29 is 19.1 Å². The zero-order valence-electron chi connectivity index (χ0n) is 13.2. The summed E-state index contributed by atoms with van der Waals surface area (Å²) in [4.78, 5) is 37.4. The predicted molar refractivity (Wildman–Crippen MR) is 93.6 cm³/mol. The topological polar surface area (TPSA) is 75.7 Å². The van der Waals surface area contributed by atoms with Crippen LogP contribution >= 0.6 is 23.4 Å². The van der Waals surface area contributed by atoms with Gasteiger partial charge in [0.1, 0.15) is 6.04 Å². The van der Waals surface area contributed by atoms with Gasteiger partial charge in [0.05, 0.1) is 23.5 Å². The maximum Gasteiger partial charge on any atom is 0.333 e. The van der Waals surface area contributed by atoms with Gasteiger partial charge in [-0.2, -0.15) is 0 Å². The maximum atomic E-state index is 12.4. The normalized spacial score (nSPS) is 17.0. The molecule has 0 radical (unpaired) electrons. The molecular formula is C16H17ClN2O4S. The number of esters is 1. The third-order valence-corrected chi connectivity index (χ3v) is 4.51. The Bertz CT molecular complexity index is 675. The monoisotopic (exact) mass is 368 g/mol. The van der Waals surface area contributed by atoms with Crippen molar-refractivity contribution in [2.75, 3.05) is 17.7 Å². The van der Waals surface area contributed by atoms with Crippen LogP contribution in [0.1, 0.15) is 13.8 Å². The van der Waals surface area contributed by atoms with Gasteiger partial charge in [-0.05, 0) is 38.1 Å². The lowest BCUT2D eigenvalue weighted by atomic mass is 10.2. The molecule has 1 N–H and O–H groups in total. The van der Waals surface area contributed by atoms with E-state index in [0.29, 0.717) is 15.7 Å². The Morgan fingerprint density at radius 1 is 1.42 bits per heavy atom. The molecule has 128 valence electrons. The lowest BCUT2D eigenvalue weighted by Crippen LogP contribution is -2.42. The first-order chi connectivity index (χ1) is 11.4. The van der Waals surface area contributed by atoms with E-state index >= 15 is 0 Å². The van der Waals surface area contributed by atoms with Crippen LogP contribution in [0.2, 0.25) is 5.02 Å². The van der Waals surface area contributed by atoms with Crippen LogP contribution in [0.5, 0.6) is 0 Å². The minimum atomic E-state index is -0.760. The molecule has 1 aliphatic rings. The average Bonchev–Trinajstić information content (AvgIpc) is 2.89. The second-order valence-corrected chi connectivity index (χ2v) is 6.39. The van der Waals surface area contributed by atoms with Crippen molar-refractivity contribution in [2.45, 2.75) is 19.9 Å². The number of halogens is 1. The van der Waals surface area contributed by atoms with Crippen LogP contribution in [0.15, 0.2) is 35.4 Å². The van der Waals surface area contributed by atoms with Gasteiger partial charge >= 0.3 is 5.97 Å². The van der Waals surface area contributed by atoms with E-state index in [9.17, 15) is 14.4 Å². The number of nitrogens with zero attached hydrogens (tertiary/aromatic N) is 1. The van der Waals surface area contributed by atoms with Crippen molar-refractivity contribution in [1.29, 1.82) is 0 Å². The van der Waals surface area contributed by atoms with Gasteiger partial charge in [0.15, 0.2) is 0 Å². The van der Waals surface area contributed by atoms with Crippen LogP contribution in [-0.4, -0.2) is 41.1 Å². The van der Waals surface area contributed by atoms with Crippen LogP contribution in [0, 0.1) is 0 Å². The number of hydrogen-bond acceptors (Lipinski definition) is 5. The summed E-state index contributed by atoms with van der Waals surface area (Å²) in [6, 6.07) is 5.89. The second-order valence-electron chi connectivity index (χ2n) is 4.96. The second kappa shape index (κ2) is 8.21. The molecule has 0 saturated carbocycles. The molecule has 0 spiro atoms. The fourth-order valence-electron chi connectivity index (χ4n) is 2.10. The SMILES string of the molecule is CCOC(=O)/C=C1\SCC(=O)N1[C@@H](C)C(=O)Nc1ccc(Cl)cc1. The number of anilines is 1. The Labute approximate surface area is 149 Å². The van der Waals surface area contributed by atoms with E-state index < -0.39 is 12.0 Å². The smallest absolute Gasteiger partial charge is 0.333 e. The summed E-state index contributed by atoms with van der Waals surface area (Å²) in [7, 11) is 0. The fourth-order valence-corrected chi connectivity index (χ4v) is 3.21. The maximum absolute atomic E-state index is 12.4. The highest BCUT2D eigenvalue weighted by Gasteiger charge is 2.34. The molecule has 8 heteroatoms. The molecule has 2 amide bonds. The number of amides is 2. The number of thioether (sulfide) groups is 1. The van der Waals surface area contributed by atoms with E-state index in [4.69, 9.17) is 16.3 Å². The third-order valence-electron chi connectivity index (χ3n) is 3.26. The van der Waals surface area contributed by atoms with Gasteiger partial charge in [0.2, 0.25) is 11.8 Å². The van der Waals surface area contributed by atoms with Crippen LogP contribution in [0.25, 0.3) is 0 Å². The lowest BCUT2D eigenvalue weighted by Gasteiger charge is -2.24. The van der Waals surface area contributed by atoms with Crippen molar-refractivity contribution in [2.24, 2.45) is 0 Å². The summed E-state index contributed by atoms with van der Waals surface area (Å²) in [6.45, 7) is 3.55. The Balaban J connectivity index is 2.11. The molecule has 1 saturated heterocycles. The molecule has 2 rings (SSSR count). The number of benzene rings is 1. The summed E-state index contributed by atoms with van der Waals surface area (Å²) in [5.41, 5.74) is 0.575. The molecule has 0 aliphatic carbocycles. The quantitative estimate of drug-likeness (QED) is 0.638. The van der Waals surface area contributed by atoms with E-state index in [-0.39, 0.29) is 24.2 Å². The minimum absolute atomic E-state index is 0.184. The largest absolute Gasteiger partial charge is 0.463 e. The van der Waals surface area contributed by atoms with Crippen LogP contribution in [0.3, 0.4) is 0 Å². The van der Waals surface area contributed by atoms with Gasteiger partial charge in [-0.15, -0.1) is 0 Å². The van der Waals surface area contributed by atoms with Gasteiger partial charge in [-0.25, -0.2) is 4.79 Å². The van der Waals surface area contributed by atoms with Crippen LogP contribution < -0.4 is 5.32 Å². The Kier molecular flexibility index (Phi) is 6.28. The van der Waals surface area contributed by atoms with Crippen molar-refractivity contribution in [3.05, 3.63) is 40.4 Å². The van der Waals surface area contributed by atoms with Crippen molar-refractivity contribution in [3.8, 4) is 0 Å². The molecule has 1 atom stereocenters. The van der Waals surface area contributed by atoms with E-state index in [1.807, 2.05) is 0 Å². The number of hydrogen-bond donors (Lipinski definition) is 1. The van der Waals surface area contributed by atoms with Gasteiger partial charge < -0.3 is 10.1 Å². The molecular weight excluding hydrogens is 352 g/mol. The summed E-state index contributed by atoms with van der Waals surface area (Å²) < 4.78 is 4.85. The average molecular weight is 369 g/mol. The molecule has 6 nitrogen and oxygen atoms in total. The summed E-state index contributed by atoms with van der Waals surface area (Å²) in [5, 5.41) is 3.70. The highest BCUT2D eigenvalue weighted by Crippen LogP contribution is 2.31. The number of ether oxygens (including phenoxy) is 1. The van der Waals surface area contributed by atoms with Crippen molar-refractivity contribution in [3.63, 3.8) is 0 Å². The van der Waals surface area contributed by atoms with Gasteiger partial charge in [0, 0.05) is 10.7 Å². The first kappa shape index (κ1) is 18.4.